The van der Waals surface area contributed by atoms with Gasteiger partial charge in [-0.1, -0.05) is 231 Å². The maximum absolute atomic E-state index is 13.1. The summed E-state index contributed by atoms with van der Waals surface area (Å²) in [6.45, 7) is 3.78. The van der Waals surface area contributed by atoms with Gasteiger partial charge in [0.2, 0.25) is 5.91 Å². The molecule has 386 valence electrons. The van der Waals surface area contributed by atoms with Gasteiger partial charge in [-0.15, -0.1) is 0 Å². The Morgan fingerprint density at radius 1 is 0.538 bits per heavy atom. The van der Waals surface area contributed by atoms with Crippen LogP contribution < -0.4 is 5.32 Å². The first-order valence-electron chi connectivity index (χ1n) is 26.7. The summed E-state index contributed by atoms with van der Waals surface area (Å²) in [6, 6.07) is -1.24. The molecule has 8 unspecified atom stereocenters. The average molecular weight is 950 g/mol. The molecule has 0 spiro atoms. The minimum atomic E-state index is -5.14. The standard InChI is InChI=1S/C51H100NO12P/c1-3-5-7-9-11-13-15-17-19-21-22-23-25-27-29-31-33-35-37-39-44(54)43(41-63-65(61,62)64-51-49(59)47(57)46(56)48(58)50(51)60)52-45(55)40-42(53)38-36-34-32-30-28-26-24-20-18-16-14-12-10-8-6-4-2/h37,39,42-44,46-51,53-54,56-60H,3-36,38,40-41H2,1-2H3,(H,52,55)(H,61,62)/b39-37+. The summed E-state index contributed by atoms with van der Waals surface area (Å²) in [4.78, 5) is 23.5. The number of carbonyl (C=O) groups is 1. The molecule has 1 aliphatic carbocycles. The Hall–Kier alpha value is -0.960. The number of allylic oxidation sites excluding steroid dienone is 1. The van der Waals surface area contributed by atoms with E-state index in [-0.39, 0.29) is 6.42 Å². The lowest BCUT2D eigenvalue weighted by molar-refractivity contribution is -0.220. The summed E-state index contributed by atoms with van der Waals surface area (Å²) in [7, 11) is -5.14. The van der Waals surface area contributed by atoms with Crippen molar-refractivity contribution in [3.05, 3.63) is 12.2 Å². The molecule has 0 aliphatic heterocycles. The highest BCUT2D eigenvalue weighted by atomic mass is 31.2. The molecular formula is C51H100NO12P. The van der Waals surface area contributed by atoms with Crippen molar-refractivity contribution in [3.8, 4) is 0 Å². The summed E-state index contributed by atoms with van der Waals surface area (Å²) in [5, 5.41) is 74.7. The fourth-order valence-electron chi connectivity index (χ4n) is 8.77. The van der Waals surface area contributed by atoms with E-state index in [9.17, 15) is 50.0 Å². The Balaban J connectivity index is 2.47. The van der Waals surface area contributed by atoms with Crippen molar-refractivity contribution in [2.75, 3.05) is 6.61 Å². The van der Waals surface area contributed by atoms with Gasteiger partial charge in [0, 0.05) is 0 Å². The van der Waals surface area contributed by atoms with Crippen molar-refractivity contribution in [2.24, 2.45) is 0 Å². The van der Waals surface area contributed by atoms with Crippen LogP contribution in [0.5, 0.6) is 0 Å². The Morgan fingerprint density at radius 2 is 0.877 bits per heavy atom. The van der Waals surface area contributed by atoms with Gasteiger partial charge in [-0.25, -0.2) is 4.57 Å². The van der Waals surface area contributed by atoms with Gasteiger partial charge >= 0.3 is 7.82 Å². The first-order chi connectivity index (χ1) is 31.3. The van der Waals surface area contributed by atoms with Gasteiger partial charge in [-0.2, -0.15) is 0 Å². The summed E-state index contributed by atoms with van der Waals surface area (Å²) in [5.41, 5.74) is 0. The van der Waals surface area contributed by atoms with Crippen LogP contribution in [0.2, 0.25) is 0 Å². The van der Waals surface area contributed by atoms with Crippen LogP contribution in [-0.2, 0) is 18.4 Å². The van der Waals surface area contributed by atoms with Gasteiger partial charge in [-0.05, 0) is 19.3 Å². The molecule has 0 aromatic carbocycles. The topological polar surface area (TPSA) is 226 Å². The summed E-state index contributed by atoms with van der Waals surface area (Å²) < 4.78 is 23.0. The number of aliphatic hydroxyl groups excluding tert-OH is 7. The molecule has 65 heavy (non-hydrogen) atoms. The van der Waals surface area contributed by atoms with E-state index in [1.807, 2.05) is 0 Å². The van der Waals surface area contributed by atoms with Crippen LogP contribution in [0.1, 0.15) is 245 Å². The number of phosphoric acid groups is 1. The summed E-state index contributed by atoms with van der Waals surface area (Å²) >= 11 is 0. The monoisotopic (exact) mass is 950 g/mol. The van der Waals surface area contributed by atoms with E-state index in [0.717, 1.165) is 44.9 Å². The first-order valence-corrected chi connectivity index (χ1v) is 28.2. The number of unbranched alkanes of at least 4 members (excludes halogenated alkanes) is 32. The quantitative estimate of drug-likeness (QED) is 0.0158. The number of hydrogen-bond donors (Lipinski definition) is 9. The molecule has 0 heterocycles. The van der Waals surface area contributed by atoms with Gasteiger partial charge in [0.15, 0.2) is 0 Å². The van der Waals surface area contributed by atoms with Crippen LogP contribution in [0.15, 0.2) is 12.2 Å². The molecule has 1 rings (SSSR count). The number of aliphatic hydroxyl groups is 7. The molecule has 8 atom stereocenters. The van der Waals surface area contributed by atoms with Crippen molar-refractivity contribution < 1.29 is 59.0 Å². The maximum atomic E-state index is 13.1. The van der Waals surface area contributed by atoms with Crippen LogP contribution >= 0.6 is 7.82 Å². The Labute approximate surface area is 395 Å². The molecule has 0 saturated heterocycles. The lowest BCUT2D eigenvalue weighted by Gasteiger charge is -2.41. The van der Waals surface area contributed by atoms with E-state index in [4.69, 9.17) is 9.05 Å². The minimum absolute atomic E-state index is 0.239. The zero-order chi connectivity index (χ0) is 48.0. The van der Waals surface area contributed by atoms with Gasteiger partial charge in [0.25, 0.3) is 0 Å². The maximum Gasteiger partial charge on any atom is 0.472 e. The second-order valence-corrected chi connectivity index (χ2v) is 20.7. The third-order valence-electron chi connectivity index (χ3n) is 13.1. The normalized spacial score (nSPS) is 22.6. The highest BCUT2D eigenvalue weighted by Gasteiger charge is 2.51. The first kappa shape index (κ1) is 62.1. The van der Waals surface area contributed by atoms with E-state index in [2.05, 4.69) is 19.2 Å². The number of amides is 1. The van der Waals surface area contributed by atoms with E-state index in [1.165, 1.54) is 173 Å². The van der Waals surface area contributed by atoms with Crippen molar-refractivity contribution >= 4 is 13.7 Å². The molecule has 0 aromatic rings. The van der Waals surface area contributed by atoms with E-state index in [0.29, 0.717) is 12.8 Å². The summed E-state index contributed by atoms with van der Waals surface area (Å²) in [6.07, 6.45) is 31.5. The average Bonchev–Trinajstić information content (AvgIpc) is 3.28. The third-order valence-corrected chi connectivity index (χ3v) is 14.1. The van der Waals surface area contributed by atoms with Crippen LogP contribution in [0, 0.1) is 0 Å². The molecule has 0 bridgehead atoms. The summed E-state index contributed by atoms with van der Waals surface area (Å²) in [5.74, 6) is -0.588. The fourth-order valence-corrected chi connectivity index (χ4v) is 9.74. The number of carbonyl (C=O) groups excluding carboxylic acids is 1. The van der Waals surface area contributed by atoms with Crippen molar-refractivity contribution in [1.29, 1.82) is 0 Å². The highest BCUT2D eigenvalue weighted by Crippen LogP contribution is 2.47. The van der Waals surface area contributed by atoms with Gasteiger partial charge in [-0.3, -0.25) is 13.8 Å². The third kappa shape index (κ3) is 32.5. The molecule has 1 saturated carbocycles. The van der Waals surface area contributed by atoms with Crippen LogP contribution in [0.25, 0.3) is 0 Å². The van der Waals surface area contributed by atoms with Gasteiger partial charge < -0.3 is 46.0 Å². The molecule has 0 aromatic heterocycles. The Kier molecular flexibility index (Phi) is 39.0. The lowest BCUT2D eigenvalue weighted by atomic mass is 9.85. The second-order valence-electron chi connectivity index (χ2n) is 19.3. The SMILES string of the molecule is CCCCCCCCCCCCCCCCCCC/C=C/C(O)C(COP(=O)(O)OC1C(O)C(O)C(O)C(O)C1O)NC(=O)CC(O)CCCCCCCCCCCCCCCCCC. The number of nitrogens with one attached hydrogen (secondary N) is 1. The second kappa shape index (κ2) is 40.9. The van der Waals surface area contributed by atoms with Crippen molar-refractivity contribution in [3.63, 3.8) is 0 Å². The van der Waals surface area contributed by atoms with E-state index in [1.54, 1.807) is 6.08 Å². The Morgan fingerprint density at radius 3 is 1.26 bits per heavy atom. The molecular weight excluding hydrogens is 850 g/mol. The zero-order valence-corrected chi connectivity index (χ0v) is 42.1. The smallest absolute Gasteiger partial charge is 0.393 e. The van der Waals surface area contributed by atoms with Crippen molar-refractivity contribution in [2.45, 2.75) is 300 Å². The molecule has 9 N–H and O–H groups in total. The van der Waals surface area contributed by atoms with Crippen molar-refractivity contribution in [1.82, 2.24) is 5.32 Å². The van der Waals surface area contributed by atoms with Gasteiger partial charge in [0.1, 0.15) is 36.6 Å². The molecule has 1 amide bonds. The highest BCUT2D eigenvalue weighted by molar-refractivity contribution is 7.47. The fraction of sp³-hybridized carbons (Fsp3) is 0.941. The largest absolute Gasteiger partial charge is 0.472 e. The molecule has 1 aliphatic rings. The van der Waals surface area contributed by atoms with Crippen LogP contribution in [0.3, 0.4) is 0 Å². The number of rotatable bonds is 45. The number of phosphoric ester groups is 1. The molecule has 13 nitrogen and oxygen atoms in total. The molecule has 0 radical (unpaired) electrons. The zero-order valence-electron chi connectivity index (χ0n) is 41.2. The van der Waals surface area contributed by atoms with E-state index >= 15 is 0 Å². The molecule has 1 fully saturated rings. The minimum Gasteiger partial charge on any atom is -0.393 e. The Bertz CT molecular complexity index is 1170. The lowest BCUT2D eigenvalue weighted by Crippen LogP contribution is -2.64. The predicted molar refractivity (Wildman–Crippen MR) is 261 cm³/mol. The van der Waals surface area contributed by atoms with Gasteiger partial charge in [0.05, 0.1) is 31.3 Å². The van der Waals surface area contributed by atoms with Crippen LogP contribution in [-0.4, -0.2) is 108 Å². The predicted octanol–water partition coefficient (Wildman–Crippen LogP) is 10.2. The number of hydrogen-bond acceptors (Lipinski definition) is 11. The van der Waals surface area contributed by atoms with Crippen LogP contribution in [0.4, 0.5) is 0 Å². The molecule has 14 heteroatoms. The van der Waals surface area contributed by atoms with E-state index < -0.39 is 75.2 Å².